The molecule has 2 aromatic rings. The van der Waals surface area contributed by atoms with Crippen LogP contribution in [0.5, 0.6) is 0 Å². The predicted octanol–water partition coefficient (Wildman–Crippen LogP) is 4.95. The summed E-state index contributed by atoms with van der Waals surface area (Å²) in [5.41, 5.74) is 2.22. The van der Waals surface area contributed by atoms with Gasteiger partial charge in [-0.1, -0.05) is 67.3 Å². The molecule has 0 spiro atoms. The minimum atomic E-state index is -0.503. The third kappa shape index (κ3) is 6.63. The predicted molar refractivity (Wildman–Crippen MR) is 123 cm³/mol. The van der Waals surface area contributed by atoms with Crippen molar-refractivity contribution in [3.8, 4) is 0 Å². The second kappa shape index (κ2) is 11.2. The number of hydrogen-bond donors (Lipinski definition) is 1. The molecule has 4 nitrogen and oxygen atoms in total. The van der Waals surface area contributed by atoms with E-state index in [1.165, 1.54) is 36.6 Å². The fourth-order valence-corrected chi connectivity index (χ4v) is 4.59. The van der Waals surface area contributed by atoms with Gasteiger partial charge in [0.25, 0.3) is 0 Å². The molecule has 0 heterocycles. The zero-order valence-corrected chi connectivity index (χ0v) is 18.8. The Morgan fingerprint density at radius 3 is 2.37 bits per heavy atom. The molecular formula is C25H32N2O2S. The molecular weight excluding hydrogens is 392 g/mol. The first-order valence-corrected chi connectivity index (χ1v) is 11.8. The molecule has 0 saturated heterocycles. The highest BCUT2D eigenvalue weighted by Gasteiger charge is 2.28. The summed E-state index contributed by atoms with van der Waals surface area (Å²) >= 11 is 1.51. The van der Waals surface area contributed by atoms with Crippen molar-refractivity contribution >= 4 is 23.6 Å². The SMILES string of the molecule is Cc1ccc(CN(C(=O)CSc2ccccc2)[C@H](C)C(=O)NC2CCCCC2)cc1. The lowest BCUT2D eigenvalue weighted by Gasteiger charge is -2.31. The Bertz CT molecular complexity index is 817. The fraction of sp³-hybridized carbons (Fsp3) is 0.440. The van der Waals surface area contributed by atoms with E-state index in [0.717, 1.165) is 23.3 Å². The summed E-state index contributed by atoms with van der Waals surface area (Å²) in [6.07, 6.45) is 5.65. The molecule has 2 aromatic carbocycles. The maximum absolute atomic E-state index is 13.2. The van der Waals surface area contributed by atoms with Crippen molar-refractivity contribution < 1.29 is 9.59 Å². The molecule has 30 heavy (non-hydrogen) atoms. The maximum Gasteiger partial charge on any atom is 0.242 e. The van der Waals surface area contributed by atoms with Crippen molar-refractivity contribution in [3.63, 3.8) is 0 Å². The zero-order valence-electron chi connectivity index (χ0n) is 18.0. The number of amides is 2. The van der Waals surface area contributed by atoms with Crippen LogP contribution in [-0.4, -0.2) is 34.6 Å². The van der Waals surface area contributed by atoms with Crippen LogP contribution in [0.3, 0.4) is 0 Å². The van der Waals surface area contributed by atoms with E-state index < -0.39 is 6.04 Å². The summed E-state index contributed by atoms with van der Waals surface area (Å²) in [6, 6.07) is 17.8. The molecule has 1 aliphatic carbocycles. The largest absolute Gasteiger partial charge is 0.352 e. The lowest BCUT2D eigenvalue weighted by atomic mass is 9.95. The van der Waals surface area contributed by atoms with Crippen molar-refractivity contribution in [1.82, 2.24) is 10.2 Å². The van der Waals surface area contributed by atoms with Gasteiger partial charge in [-0.25, -0.2) is 0 Å². The molecule has 0 aliphatic heterocycles. The van der Waals surface area contributed by atoms with Gasteiger partial charge >= 0.3 is 0 Å². The van der Waals surface area contributed by atoms with Crippen molar-refractivity contribution in [2.45, 2.75) is 69.5 Å². The first-order valence-electron chi connectivity index (χ1n) is 10.9. The highest BCUT2D eigenvalue weighted by molar-refractivity contribution is 8.00. The van der Waals surface area contributed by atoms with Crippen LogP contribution in [0.2, 0.25) is 0 Å². The summed E-state index contributed by atoms with van der Waals surface area (Å²) in [7, 11) is 0. The smallest absolute Gasteiger partial charge is 0.242 e. The van der Waals surface area contributed by atoms with Gasteiger partial charge in [-0.2, -0.15) is 0 Å². The van der Waals surface area contributed by atoms with Gasteiger partial charge in [-0.05, 0) is 44.4 Å². The van der Waals surface area contributed by atoms with Gasteiger partial charge in [0.1, 0.15) is 6.04 Å². The van der Waals surface area contributed by atoms with Crippen LogP contribution in [0, 0.1) is 6.92 Å². The van der Waals surface area contributed by atoms with E-state index in [9.17, 15) is 9.59 Å². The van der Waals surface area contributed by atoms with Crippen molar-refractivity contribution in [1.29, 1.82) is 0 Å². The number of nitrogens with zero attached hydrogens (tertiary/aromatic N) is 1. The number of aryl methyl sites for hydroxylation is 1. The number of rotatable bonds is 8. The molecule has 5 heteroatoms. The Morgan fingerprint density at radius 1 is 1.03 bits per heavy atom. The lowest BCUT2D eigenvalue weighted by molar-refractivity contribution is -0.139. The van der Waals surface area contributed by atoms with Gasteiger partial charge in [-0.15, -0.1) is 11.8 Å². The molecule has 2 amide bonds. The number of carbonyl (C=O) groups excluding carboxylic acids is 2. The Morgan fingerprint density at radius 2 is 1.70 bits per heavy atom. The van der Waals surface area contributed by atoms with E-state index >= 15 is 0 Å². The molecule has 1 aliphatic rings. The third-order valence-corrected chi connectivity index (χ3v) is 6.69. The number of thioether (sulfide) groups is 1. The van der Waals surface area contributed by atoms with Gasteiger partial charge < -0.3 is 10.2 Å². The average Bonchev–Trinajstić information content (AvgIpc) is 2.78. The summed E-state index contributed by atoms with van der Waals surface area (Å²) in [5.74, 6) is 0.250. The van der Waals surface area contributed by atoms with Gasteiger partial charge in [0.05, 0.1) is 5.75 Å². The number of hydrogen-bond acceptors (Lipinski definition) is 3. The van der Waals surface area contributed by atoms with Crippen LogP contribution >= 0.6 is 11.8 Å². The molecule has 0 radical (unpaired) electrons. The molecule has 0 bridgehead atoms. The minimum Gasteiger partial charge on any atom is -0.352 e. The van der Waals surface area contributed by atoms with Crippen LogP contribution in [0.15, 0.2) is 59.5 Å². The van der Waals surface area contributed by atoms with Gasteiger partial charge in [0.15, 0.2) is 0 Å². The van der Waals surface area contributed by atoms with Crippen LogP contribution in [0.4, 0.5) is 0 Å². The zero-order chi connectivity index (χ0) is 21.3. The van der Waals surface area contributed by atoms with Gasteiger partial charge in [0.2, 0.25) is 11.8 Å². The van der Waals surface area contributed by atoms with Crippen LogP contribution in [0.1, 0.15) is 50.2 Å². The monoisotopic (exact) mass is 424 g/mol. The van der Waals surface area contributed by atoms with Crippen molar-refractivity contribution in [2.24, 2.45) is 0 Å². The molecule has 0 unspecified atom stereocenters. The van der Waals surface area contributed by atoms with E-state index in [1.54, 1.807) is 4.90 Å². The molecule has 1 atom stereocenters. The van der Waals surface area contributed by atoms with Crippen molar-refractivity contribution in [2.75, 3.05) is 5.75 Å². The number of carbonyl (C=O) groups is 2. The molecule has 1 fully saturated rings. The summed E-state index contributed by atoms with van der Waals surface area (Å²) in [4.78, 5) is 28.9. The quantitative estimate of drug-likeness (QED) is 0.610. The fourth-order valence-electron chi connectivity index (χ4n) is 3.79. The summed E-state index contributed by atoms with van der Waals surface area (Å²) in [5, 5.41) is 3.18. The second-order valence-electron chi connectivity index (χ2n) is 8.13. The Balaban J connectivity index is 1.68. The second-order valence-corrected chi connectivity index (χ2v) is 9.18. The number of nitrogens with one attached hydrogen (secondary N) is 1. The third-order valence-electron chi connectivity index (χ3n) is 5.70. The first-order chi connectivity index (χ1) is 14.5. The number of benzene rings is 2. The van der Waals surface area contributed by atoms with E-state index in [-0.39, 0.29) is 17.9 Å². The average molecular weight is 425 g/mol. The minimum absolute atomic E-state index is 0.0178. The normalized spacial score (nSPS) is 15.4. The van der Waals surface area contributed by atoms with E-state index in [0.29, 0.717) is 12.3 Å². The summed E-state index contributed by atoms with van der Waals surface area (Å²) in [6.45, 7) is 4.33. The van der Waals surface area contributed by atoms with Crippen LogP contribution < -0.4 is 5.32 Å². The summed E-state index contributed by atoms with van der Waals surface area (Å²) < 4.78 is 0. The lowest BCUT2D eigenvalue weighted by Crippen LogP contribution is -2.50. The van der Waals surface area contributed by atoms with Crippen LogP contribution in [-0.2, 0) is 16.1 Å². The van der Waals surface area contributed by atoms with Crippen molar-refractivity contribution in [3.05, 3.63) is 65.7 Å². The highest BCUT2D eigenvalue weighted by atomic mass is 32.2. The van der Waals surface area contributed by atoms with E-state index in [1.807, 2.05) is 68.4 Å². The molecule has 1 N–H and O–H groups in total. The Labute approximate surface area is 184 Å². The first kappa shape index (κ1) is 22.4. The standard InChI is InChI=1S/C25H32N2O2S/c1-19-13-15-21(16-14-19)17-27(24(28)18-30-23-11-7-4-8-12-23)20(2)25(29)26-22-9-5-3-6-10-22/h4,7-8,11-16,20,22H,3,5-6,9-10,17-18H2,1-2H3,(H,26,29)/t20-/m1/s1. The van der Waals surface area contributed by atoms with Gasteiger partial charge in [0, 0.05) is 17.5 Å². The highest BCUT2D eigenvalue weighted by Crippen LogP contribution is 2.21. The van der Waals surface area contributed by atoms with E-state index in [4.69, 9.17) is 0 Å². The van der Waals surface area contributed by atoms with E-state index in [2.05, 4.69) is 5.32 Å². The Hall–Kier alpha value is -2.27. The molecule has 160 valence electrons. The molecule has 1 saturated carbocycles. The van der Waals surface area contributed by atoms with Gasteiger partial charge in [-0.3, -0.25) is 9.59 Å². The molecule has 0 aromatic heterocycles. The Kier molecular flexibility index (Phi) is 8.38. The molecule has 3 rings (SSSR count). The topological polar surface area (TPSA) is 49.4 Å². The maximum atomic E-state index is 13.2. The van der Waals surface area contributed by atoms with Crippen LogP contribution in [0.25, 0.3) is 0 Å².